The van der Waals surface area contributed by atoms with Crippen LogP contribution in [0.15, 0.2) is 28.8 Å². The highest BCUT2D eigenvalue weighted by atomic mass is 35.5. The van der Waals surface area contributed by atoms with Crippen LogP contribution in [0, 0.1) is 0 Å². The highest BCUT2D eigenvalue weighted by molar-refractivity contribution is 6.34. The van der Waals surface area contributed by atoms with E-state index in [9.17, 15) is 4.79 Å². The molecule has 0 bridgehead atoms. The van der Waals surface area contributed by atoms with Crippen LogP contribution in [0.4, 0.5) is 5.69 Å². The number of anilines is 1. The predicted octanol–water partition coefficient (Wildman–Crippen LogP) is 2.38. The van der Waals surface area contributed by atoms with Crippen LogP contribution in [0.3, 0.4) is 0 Å². The molecule has 0 spiro atoms. The molecular formula is C19H22ClN3O4. The monoisotopic (exact) mass is 391 g/mol. The lowest BCUT2D eigenvalue weighted by Gasteiger charge is -2.30. The van der Waals surface area contributed by atoms with Crippen molar-refractivity contribution >= 4 is 23.2 Å². The normalized spacial score (nSPS) is 17.5. The molecule has 1 fully saturated rings. The van der Waals surface area contributed by atoms with Crippen molar-refractivity contribution < 1.29 is 18.8 Å². The highest BCUT2D eigenvalue weighted by Gasteiger charge is 2.29. The van der Waals surface area contributed by atoms with Crippen LogP contribution < -0.4 is 4.90 Å². The number of carbonyl (C=O) groups is 1. The molecule has 0 N–H and O–H groups in total. The molecule has 0 saturated carbocycles. The number of ether oxygens (including phenoxy) is 2. The van der Waals surface area contributed by atoms with Crippen molar-refractivity contribution in [1.29, 1.82) is 0 Å². The number of hydrogen-bond acceptors (Lipinski definition) is 6. The van der Waals surface area contributed by atoms with E-state index in [1.807, 2.05) is 18.2 Å². The third kappa shape index (κ3) is 4.01. The van der Waals surface area contributed by atoms with Gasteiger partial charge in [-0.15, -0.1) is 0 Å². The molecule has 1 aromatic carbocycles. The van der Waals surface area contributed by atoms with Gasteiger partial charge in [-0.3, -0.25) is 9.69 Å². The van der Waals surface area contributed by atoms with Gasteiger partial charge < -0.3 is 18.9 Å². The second kappa shape index (κ2) is 8.39. The second-order valence-electron chi connectivity index (χ2n) is 6.60. The fourth-order valence-corrected chi connectivity index (χ4v) is 3.63. The number of nitrogens with zero attached hydrogens (tertiary/aromatic N) is 3. The standard InChI is InChI=1S/C19H22ClN3O4/c20-15-3-1-2-4-16(15)23(7-6-22-8-11-25-12-9-22)19(24)18-14-13-26-10-5-17(14)27-21-18/h1-4H,5-13H2. The summed E-state index contributed by atoms with van der Waals surface area (Å²) in [6.45, 7) is 5.32. The van der Waals surface area contributed by atoms with Gasteiger partial charge in [0.05, 0.1) is 42.7 Å². The maximum atomic E-state index is 13.3. The number of rotatable bonds is 5. The van der Waals surface area contributed by atoms with Gasteiger partial charge in [0.15, 0.2) is 5.69 Å². The zero-order valence-corrected chi connectivity index (χ0v) is 15.8. The van der Waals surface area contributed by atoms with Crippen LogP contribution in [0.1, 0.15) is 21.8 Å². The second-order valence-corrected chi connectivity index (χ2v) is 7.00. The van der Waals surface area contributed by atoms with Crippen LogP contribution in [0.2, 0.25) is 5.02 Å². The van der Waals surface area contributed by atoms with Crippen LogP contribution in [-0.4, -0.2) is 62.0 Å². The number of fused-ring (bicyclic) bond motifs is 1. The average molecular weight is 392 g/mol. The first-order valence-electron chi connectivity index (χ1n) is 9.15. The van der Waals surface area contributed by atoms with E-state index in [2.05, 4.69) is 10.1 Å². The van der Waals surface area contributed by atoms with Crippen LogP contribution in [0.5, 0.6) is 0 Å². The minimum absolute atomic E-state index is 0.216. The summed E-state index contributed by atoms with van der Waals surface area (Å²) >= 11 is 6.39. The molecule has 8 heteroatoms. The zero-order chi connectivity index (χ0) is 18.6. The van der Waals surface area contributed by atoms with E-state index in [4.69, 9.17) is 25.6 Å². The lowest BCUT2D eigenvalue weighted by Crippen LogP contribution is -2.43. The molecule has 144 valence electrons. The molecule has 0 unspecified atom stereocenters. The molecule has 27 heavy (non-hydrogen) atoms. The Bertz CT molecular complexity index is 804. The molecule has 1 amide bonds. The van der Waals surface area contributed by atoms with Crippen molar-refractivity contribution in [3.05, 3.63) is 46.3 Å². The van der Waals surface area contributed by atoms with E-state index in [0.717, 1.165) is 31.0 Å². The fourth-order valence-electron chi connectivity index (χ4n) is 3.39. The Labute approximate surface area is 162 Å². The number of para-hydroxylation sites is 1. The third-order valence-electron chi connectivity index (χ3n) is 4.92. The molecule has 0 radical (unpaired) electrons. The van der Waals surface area contributed by atoms with Gasteiger partial charge in [-0.25, -0.2) is 0 Å². The maximum absolute atomic E-state index is 13.3. The van der Waals surface area contributed by atoms with Gasteiger partial charge in [-0.2, -0.15) is 0 Å². The Morgan fingerprint density at radius 3 is 2.81 bits per heavy atom. The van der Waals surface area contributed by atoms with Gasteiger partial charge in [0.2, 0.25) is 0 Å². The topological polar surface area (TPSA) is 68.0 Å². The quantitative estimate of drug-likeness (QED) is 0.779. The van der Waals surface area contributed by atoms with Gasteiger partial charge >= 0.3 is 0 Å². The van der Waals surface area contributed by atoms with Crippen LogP contribution >= 0.6 is 11.6 Å². The Morgan fingerprint density at radius 2 is 2.00 bits per heavy atom. The first-order chi connectivity index (χ1) is 13.2. The number of morpholine rings is 1. The third-order valence-corrected chi connectivity index (χ3v) is 5.24. The molecule has 1 saturated heterocycles. The van der Waals surface area contributed by atoms with Crippen molar-refractivity contribution in [2.45, 2.75) is 13.0 Å². The number of halogens is 1. The summed E-state index contributed by atoms with van der Waals surface area (Å²) in [7, 11) is 0. The average Bonchev–Trinajstić information content (AvgIpc) is 3.14. The molecule has 3 heterocycles. The predicted molar refractivity (Wildman–Crippen MR) is 100 cm³/mol. The molecule has 0 atom stereocenters. The smallest absolute Gasteiger partial charge is 0.280 e. The summed E-state index contributed by atoms with van der Waals surface area (Å²) < 4.78 is 16.3. The summed E-state index contributed by atoms with van der Waals surface area (Å²) in [5.74, 6) is 0.517. The van der Waals surface area contributed by atoms with E-state index in [1.54, 1.807) is 11.0 Å². The number of benzene rings is 1. The molecule has 0 aliphatic carbocycles. The zero-order valence-electron chi connectivity index (χ0n) is 15.0. The lowest BCUT2D eigenvalue weighted by molar-refractivity contribution is 0.0391. The lowest BCUT2D eigenvalue weighted by atomic mass is 10.1. The van der Waals surface area contributed by atoms with Crippen molar-refractivity contribution in [3.63, 3.8) is 0 Å². The molecule has 4 rings (SSSR count). The maximum Gasteiger partial charge on any atom is 0.280 e. The van der Waals surface area contributed by atoms with E-state index in [0.29, 0.717) is 55.8 Å². The Morgan fingerprint density at radius 1 is 1.19 bits per heavy atom. The van der Waals surface area contributed by atoms with Gasteiger partial charge in [-0.1, -0.05) is 28.9 Å². The minimum atomic E-state index is -0.216. The molecule has 7 nitrogen and oxygen atoms in total. The number of hydrogen-bond donors (Lipinski definition) is 0. The van der Waals surface area contributed by atoms with E-state index in [1.165, 1.54) is 0 Å². The fraction of sp³-hybridized carbons (Fsp3) is 0.474. The molecule has 1 aromatic heterocycles. The van der Waals surface area contributed by atoms with E-state index < -0.39 is 0 Å². The Kier molecular flexibility index (Phi) is 5.73. The van der Waals surface area contributed by atoms with Crippen LogP contribution in [0.25, 0.3) is 0 Å². The largest absolute Gasteiger partial charge is 0.379 e. The van der Waals surface area contributed by atoms with Crippen molar-refractivity contribution in [1.82, 2.24) is 10.1 Å². The van der Waals surface area contributed by atoms with Crippen LogP contribution in [-0.2, 0) is 22.5 Å². The molecular weight excluding hydrogens is 370 g/mol. The van der Waals surface area contributed by atoms with Crippen molar-refractivity contribution in [2.24, 2.45) is 0 Å². The summed E-state index contributed by atoms with van der Waals surface area (Å²) in [6, 6.07) is 7.36. The Balaban J connectivity index is 1.59. The van der Waals surface area contributed by atoms with Gasteiger partial charge in [0.25, 0.3) is 5.91 Å². The van der Waals surface area contributed by atoms with Crippen molar-refractivity contribution in [3.8, 4) is 0 Å². The summed E-state index contributed by atoms with van der Waals surface area (Å²) in [5, 5.41) is 4.57. The first-order valence-corrected chi connectivity index (χ1v) is 9.53. The van der Waals surface area contributed by atoms with Crippen molar-refractivity contribution in [2.75, 3.05) is 50.9 Å². The van der Waals surface area contributed by atoms with E-state index in [-0.39, 0.29) is 5.91 Å². The Hall–Kier alpha value is -1.93. The molecule has 2 aliphatic rings. The molecule has 2 aliphatic heterocycles. The van der Waals surface area contributed by atoms with E-state index >= 15 is 0 Å². The van der Waals surface area contributed by atoms with Gasteiger partial charge in [-0.05, 0) is 12.1 Å². The van der Waals surface area contributed by atoms with Gasteiger partial charge in [0.1, 0.15) is 5.76 Å². The number of aromatic nitrogens is 1. The summed E-state index contributed by atoms with van der Waals surface area (Å²) in [6.07, 6.45) is 0.634. The highest BCUT2D eigenvalue weighted by Crippen LogP contribution is 2.28. The van der Waals surface area contributed by atoms with Gasteiger partial charge in [0, 0.05) is 32.6 Å². The SMILES string of the molecule is O=C(c1noc2c1COCC2)N(CCN1CCOCC1)c1ccccc1Cl. The first kappa shape index (κ1) is 18.4. The molecule has 2 aromatic rings. The number of amides is 1. The summed E-state index contributed by atoms with van der Waals surface area (Å²) in [5.41, 5.74) is 1.73. The summed E-state index contributed by atoms with van der Waals surface area (Å²) in [4.78, 5) is 17.3. The number of carbonyl (C=O) groups excluding carboxylic acids is 1. The minimum Gasteiger partial charge on any atom is -0.379 e.